The highest BCUT2D eigenvalue weighted by Crippen LogP contribution is 2.17. The predicted molar refractivity (Wildman–Crippen MR) is 101 cm³/mol. The predicted octanol–water partition coefficient (Wildman–Crippen LogP) is 0.514. The quantitative estimate of drug-likeness (QED) is 0.671. The molecule has 3 N–H and O–H groups in total. The first-order valence-corrected chi connectivity index (χ1v) is 9.55. The van der Waals surface area contributed by atoms with E-state index in [0.29, 0.717) is 6.54 Å². The van der Waals surface area contributed by atoms with Crippen molar-refractivity contribution in [3.63, 3.8) is 0 Å². The van der Waals surface area contributed by atoms with Gasteiger partial charge in [-0.1, -0.05) is 30.3 Å². The van der Waals surface area contributed by atoms with Crippen LogP contribution < -0.4 is 15.8 Å². The van der Waals surface area contributed by atoms with Gasteiger partial charge in [0.15, 0.2) is 6.54 Å². The standard InChI is InChI=1S/C19H22N4O2S/c1-14-13-26-19(20-14)11-17(24)21-22-18(25)12-23-9-7-16(8-10-23)15-5-3-2-4-6-15/h2-7,13H,8-12H2,1H3,(H,21,24)(H,22,25)/p+1. The van der Waals surface area contributed by atoms with Crippen molar-refractivity contribution >= 4 is 28.7 Å². The number of quaternary nitrogens is 1. The second-order valence-electron chi connectivity index (χ2n) is 6.38. The number of hydrazine groups is 1. The van der Waals surface area contributed by atoms with E-state index in [9.17, 15) is 9.59 Å². The summed E-state index contributed by atoms with van der Waals surface area (Å²) >= 11 is 1.44. The number of aromatic nitrogens is 1. The number of hydrogen-bond donors (Lipinski definition) is 3. The molecule has 2 amide bonds. The van der Waals surface area contributed by atoms with Crippen LogP contribution in [0, 0.1) is 6.92 Å². The third kappa shape index (κ3) is 5.24. The fourth-order valence-electron chi connectivity index (χ4n) is 2.93. The molecule has 0 saturated carbocycles. The van der Waals surface area contributed by atoms with E-state index in [2.05, 4.69) is 34.0 Å². The van der Waals surface area contributed by atoms with Gasteiger partial charge in [-0.15, -0.1) is 11.3 Å². The van der Waals surface area contributed by atoms with E-state index in [1.807, 2.05) is 30.5 Å². The number of carbonyl (C=O) groups excluding carboxylic acids is 2. The maximum Gasteiger partial charge on any atom is 0.293 e. The normalized spacial score (nSPS) is 16.7. The summed E-state index contributed by atoms with van der Waals surface area (Å²) < 4.78 is 0. The van der Waals surface area contributed by atoms with Gasteiger partial charge in [0.05, 0.1) is 19.5 Å². The lowest BCUT2D eigenvalue weighted by Crippen LogP contribution is -3.13. The molecule has 2 aromatic rings. The summed E-state index contributed by atoms with van der Waals surface area (Å²) in [7, 11) is 0. The van der Waals surface area contributed by atoms with Crippen LogP contribution in [0.2, 0.25) is 0 Å². The van der Waals surface area contributed by atoms with Crippen LogP contribution in [0.15, 0.2) is 41.8 Å². The highest BCUT2D eigenvalue weighted by molar-refractivity contribution is 7.09. The Kier molecular flexibility index (Phi) is 6.14. The van der Waals surface area contributed by atoms with Crippen LogP contribution in [0.3, 0.4) is 0 Å². The van der Waals surface area contributed by atoms with E-state index in [1.165, 1.54) is 27.4 Å². The molecule has 0 radical (unpaired) electrons. The van der Waals surface area contributed by atoms with Crippen LogP contribution in [0.1, 0.15) is 22.7 Å². The zero-order valence-corrected chi connectivity index (χ0v) is 15.6. The molecule has 0 spiro atoms. The van der Waals surface area contributed by atoms with Crippen molar-refractivity contribution in [3.8, 4) is 0 Å². The topological polar surface area (TPSA) is 75.5 Å². The molecule has 1 unspecified atom stereocenters. The van der Waals surface area contributed by atoms with Crippen LogP contribution in [0.25, 0.3) is 5.57 Å². The molecule has 1 aromatic carbocycles. The van der Waals surface area contributed by atoms with Crippen LogP contribution in [0.5, 0.6) is 0 Å². The summed E-state index contributed by atoms with van der Waals surface area (Å²) in [6, 6.07) is 10.3. The summed E-state index contributed by atoms with van der Waals surface area (Å²) in [5.41, 5.74) is 8.45. The molecule has 1 aromatic heterocycles. The number of nitrogens with zero attached hydrogens (tertiary/aromatic N) is 1. The molecule has 0 fully saturated rings. The lowest BCUT2D eigenvalue weighted by atomic mass is 10.00. The first-order chi connectivity index (χ1) is 12.6. The first kappa shape index (κ1) is 18.3. The lowest BCUT2D eigenvalue weighted by Gasteiger charge is -2.23. The van der Waals surface area contributed by atoms with Crippen molar-refractivity contribution in [1.29, 1.82) is 0 Å². The van der Waals surface area contributed by atoms with E-state index in [0.717, 1.165) is 30.2 Å². The van der Waals surface area contributed by atoms with Crippen molar-refractivity contribution in [2.75, 3.05) is 19.6 Å². The molecule has 0 saturated heterocycles. The minimum absolute atomic E-state index is 0.179. The molecule has 0 bridgehead atoms. The Hall–Kier alpha value is -2.51. The minimum Gasteiger partial charge on any atom is -0.324 e. The Morgan fingerprint density at radius 3 is 2.62 bits per heavy atom. The zero-order chi connectivity index (χ0) is 18.4. The van der Waals surface area contributed by atoms with Crippen molar-refractivity contribution in [2.24, 2.45) is 0 Å². The fraction of sp³-hybridized carbons (Fsp3) is 0.316. The minimum atomic E-state index is -0.257. The van der Waals surface area contributed by atoms with Gasteiger partial charge < -0.3 is 4.90 Å². The molecule has 2 heterocycles. The molecular weight excluding hydrogens is 348 g/mol. The summed E-state index contributed by atoms with van der Waals surface area (Å²) in [5, 5.41) is 2.65. The third-order valence-electron chi connectivity index (χ3n) is 4.26. The molecule has 3 rings (SSSR count). The molecule has 1 atom stereocenters. The number of aryl methyl sites for hydroxylation is 1. The monoisotopic (exact) mass is 371 g/mol. The van der Waals surface area contributed by atoms with E-state index >= 15 is 0 Å². The van der Waals surface area contributed by atoms with Crippen LogP contribution in [-0.4, -0.2) is 36.4 Å². The van der Waals surface area contributed by atoms with Gasteiger partial charge in [-0.3, -0.25) is 20.4 Å². The molecule has 1 aliphatic rings. The molecule has 1 aliphatic heterocycles. The van der Waals surface area contributed by atoms with Gasteiger partial charge in [-0.05, 0) is 24.1 Å². The second kappa shape index (κ2) is 8.73. The Morgan fingerprint density at radius 1 is 1.19 bits per heavy atom. The Balaban J connectivity index is 1.40. The number of hydrogen-bond acceptors (Lipinski definition) is 4. The SMILES string of the molecule is Cc1csc(CC(=O)NNC(=O)C[NH+]2CC=C(c3ccccc3)CC2)n1. The molecule has 6 nitrogen and oxygen atoms in total. The number of nitrogens with one attached hydrogen (secondary N) is 3. The van der Waals surface area contributed by atoms with E-state index < -0.39 is 0 Å². The zero-order valence-electron chi connectivity index (χ0n) is 14.7. The first-order valence-electron chi connectivity index (χ1n) is 8.67. The molecular formula is C19H23N4O2S+. The Labute approximate surface area is 156 Å². The molecule has 0 aliphatic carbocycles. The average molecular weight is 371 g/mol. The van der Waals surface area contributed by atoms with Gasteiger partial charge in [0, 0.05) is 17.5 Å². The average Bonchev–Trinajstić information content (AvgIpc) is 3.06. The van der Waals surface area contributed by atoms with E-state index in [1.54, 1.807) is 0 Å². The molecule has 26 heavy (non-hydrogen) atoms. The Morgan fingerprint density at radius 2 is 1.96 bits per heavy atom. The van der Waals surface area contributed by atoms with Crippen LogP contribution in [-0.2, 0) is 16.0 Å². The largest absolute Gasteiger partial charge is 0.324 e. The van der Waals surface area contributed by atoms with Gasteiger partial charge in [-0.25, -0.2) is 4.98 Å². The van der Waals surface area contributed by atoms with Crippen LogP contribution >= 0.6 is 11.3 Å². The highest BCUT2D eigenvalue weighted by Gasteiger charge is 2.19. The maximum atomic E-state index is 12.0. The fourth-order valence-corrected chi connectivity index (χ4v) is 3.70. The van der Waals surface area contributed by atoms with E-state index in [4.69, 9.17) is 0 Å². The van der Waals surface area contributed by atoms with Crippen molar-refractivity contribution < 1.29 is 14.5 Å². The summed E-state index contributed by atoms with van der Waals surface area (Å²) in [6.07, 6.45) is 3.33. The van der Waals surface area contributed by atoms with Gasteiger partial charge in [0.2, 0.25) is 5.91 Å². The van der Waals surface area contributed by atoms with Crippen molar-refractivity contribution in [1.82, 2.24) is 15.8 Å². The van der Waals surface area contributed by atoms with Crippen molar-refractivity contribution in [3.05, 3.63) is 58.1 Å². The number of carbonyl (C=O) groups is 2. The molecule has 136 valence electrons. The summed E-state index contributed by atoms with van der Waals surface area (Å²) in [4.78, 5) is 29.3. The highest BCUT2D eigenvalue weighted by atomic mass is 32.1. The summed E-state index contributed by atoms with van der Waals surface area (Å²) in [5.74, 6) is -0.437. The maximum absolute atomic E-state index is 12.0. The summed E-state index contributed by atoms with van der Waals surface area (Å²) in [6.45, 7) is 3.94. The second-order valence-corrected chi connectivity index (χ2v) is 7.32. The number of amides is 2. The van der Waals surface area contributed by atoms with Gasteiger partial charge in [0.1, 0.15) is 5.01 Å². The number of benzene rings is 1. The van der Waals surface area contributed by atoms with Crippen molar-refractivity contribution in [2.45, 2.75) is 19.8 Å². The third-order valence-corrected chi connectivity index (χ3v) is 5.23. The van der Waals surface area contributed by atoms with Crippen LogP contribution in [0.4, 0.5) is 0 Å². The van der Waals surface area contributed by atoms with Gasteiger partial charge >= 0.3 is 0 Å². The number of rotatable bonds is 5. The lowest BCUT2D eigenvalue weighted by molar-refractivity contribution is -0.886. The van der Waals surface area contributed by atoms with Gasteiger partial charge in [0.25, 0.3) is 5.91 Å². The van der Waals surface area contributed by atoms with E-state index in [-0.39, 0.29) is 18.2 Å². The molecule has 7 heteroatoms. The Bertz CT molecular complexity index is 801. The number of thiazole rings is 1. The van der Waals surface area contributed by atoms with Gasteiger partial charge in [-0.2, -0.15) is 0 Å². The smallest absolute Gasteiger partial charge is 0.293 e.